The van der Waals surface area contributed by atoms with Crippen LogP contribution in [0.5, 0.6) is 0 Å². The molecule has 158 valence electrons. The summed E-state index contributed by atoms with van der Waals surface area (Å²) in [6.45, 7) is 3.77. The largest absolute Gasteiger partial charge is 0.417 e. The number of pyridine rings is 1. The van der Waals surface area contributed by atoms with E-state index in [-0.39, 0.29) is 23.8 Å². The molecule has 0 atom stereocenters. The molecule has 1 amide bonds. The molecule has 0 N–H and O–H groups in total. The number of rotatable bonds is 5. The lowest BCUT2D eigenvalue weighted by atomic mass is 10.1. The van der Waals surface area contributed by atoms with Gasteiger partial charge in [0.25, 0.3) is 5.91 Å². The van der Waals surface area contributed by atoms with Gasteiger partial charge in [0.2, 0.25) is 0 Å². The highest BCUT2D eigenvalue weighted by Gasteiger charge is 2.31. The van der Waals surface area contributed by atoms with Gasteiger partial charge in [-0.25, -0.2) is 14.1 Å². The second kappa shape index (κ2) is 8.55. The van der Waals surface area contributed by atoms with Gasteiger partial charge in [-0.1, -0.05) is 15.9 Å². The summed E-state index contributed by atoms with van der Waals surface area (Å²) in [6, 6.07) is 6.58. The molecule has 30 heavy (non-hydrogen) atoms. The molecule has 0 aliphatic carbocycles. The summed E-state index contributed by atoms with van der Waals surface area (Å²) in [5.74, 6) is -0.640. The fraction of sp³-hybridized carbons (Fsp3) is 0.250. The van der Waals surface area contributed by atoms with Crippen LogP contribution in [0, 0.1) is 12.7 Å². The third-order valence-electron chi connectivity index (χ3n) is 4.57. The van der Waals surface area contributed by atoms with E-state index in [0.717, 1.165) is 6.07 Å². The van der Waals surface area contributed by atoms with Crippen molar-refractivity contribution in [2.75, 3.05) is 6.54 Å². The molecule has 3 aromatic rings. The zero-order valence-electron chi connectivity index (χ0n) is 16.0. The van der Waals surface area contributed by atoms with Crippen LogP contribution in [0.1, 0.15) is 34.1 Å². The second-order valence-electron chi connectivity index (χ2n) is 6.51. The molecule has 0 spiro atoms. The van der Waals surface area contributed by atoms with Crippen LogP contribution in [0.3, 0.4) is 0 Å². The fourth-order valence-corrected chi connectivity index (χ4v) is 3.31. The first-order valence-electron chi connectivity index (χ1n) is 8.93. The molecule has 0 saturated heterocycles. The Morgan fingerprint density at radius 3 is 2.53 bits per heavy atom. The van der Waals surface area contributed by atoms with Crippen LogP contribution in [0.2, 0.25) is 0 Å². The van der Waals surface area contributed by atoms with Crippen molar-refractivity contribution in [3.8, 4) is 5.82 Å². The minimum atomic E-state index is -4.49. The Labute approximate surface area is 178 Å². The van der Waals surface area contributed by atoms with Crippen molar-refractivity contribution < 1.29 is 22.4 Å². The van der Waals surface area contributed by atoms with Gasteiger partial charge in [0.1, 0.15) is 5.82 Å². The van der Waals surface area contributed by atoms with Crippen LogP contribution in [-0.2, 0) is 12.7 Å². The maximum atomic E-state index is 14.1. The first-order chi connectivity index (χ1) is 14.1. The van der Waals surface area contributed by atoms with Crippen molar-refractivity contribution in [2.24, 2.45) is 0 Å². The van der Waals surface area contributed by atoms with Crippen LogP contribution in [-0.4, -0.2) is 32.1 Å². The van der Waals surface area contributed by atoms with Gasteiger partial charge < -0.3 is 4.90 Å². The molecular formula is C20H17BrF4N4O. The Balaban J connectivity index is 1.86. The maximum Gasteiger partial charge on any atom is 0.417 e. The number of hydrogen-bond donors (Lipinski definition) is 0. The number of aromatic nitrogens is 3. The Kier molecular flexibility index (Phi) is 6.25. The number of carbonyl (C=O) groups excluding carboxylic acids is 1. The Hall–Kier alpha value is -2.75. The van der Waals surface area contributed by atoms with Gasteiger partial charge in [-0.15, -0.1) is 0 Å². The van der Waals surface area contributed by atoms with Gasteiger partial charge in [-0.3, -0.25) is 4.79 Å². The Bertz CT molecular complexity index is 1060. The van der Waals surface area contributed by atoms with E-state index in [0.29, 0.717) is 28.5 Å². The molecule has 1 aromatic carbocycles. The summed E-state index contributed by atoms with van der Waals surface area (Å²) in [4.78, 5) is 18.3. The molecular weight excluding hydrogens is 468 g/mol. The quantitative estimate of drug-likeness (QED) is 0.470. The Morgan fingerprint density at radius 2 is 1.93 bits per heavy atom. The lowest BCUT2D eigenvalue weighted by molar-refractivity contribution is -0.137. The third kappa shape index (κ3) is 4.53. The van der Waals surface area contributed by atoms with Gasteiger partial charge in [0.15, 0.2) is 5.82 Å². The normalized spacial score (nSPS) is 11.6. The number of halogens is 5. The summed E-state index contributed by atoms with van der Waals surface area (Å²) in [6.07, 6.45) is -2.45. The smallest absolute Gasteiger partial charge is 0.334 e. The summed E-state index contributed by atoms with van der Waals surface area (Å²) >= 11 is 3.29. The highest BCUT2D eigenvalue weighted by molar-refractivity contribution is 9.10. The molecule has 2 aromatic heterocycles. The molecule has 2 heterocycles. The van der Waals surface area contributed by atoms with Crippen molar-refractivity contribution in [2.45, 2.75) is 26.6 Å². The van der Waals surface area contributed by atoms with Crippen LogP contribution in [0.15, 0.2) is 47.2 Å². The van der Waals surface area contributed by atoms with Gasteiger partial charge in [0.05, 0.1) is 23.0 Å². The molecule has 0 fully saturated rings. The van der Waals surface area contributed by atoms with E-state index >= 15 is 0 Å². The average molecular weight is 485 g/mol. The summed E-state index contributed by atoms with van der Waals surface area (Å²) in [5, 5.41) is 4.10. The molecule has 0 bridgehead atoms. The predicted molar refractivity (Wildman–Crippen MR) is 106 cm³/mol. The monoisotopic (exact) mass is 484 g/mol. The van der Waals surface area contributed by atoms with Gasteiger partial charge >= 0.3 is 6.18 Å². The SMILES string of the molecule is CCN(Cc1cc(Br)ccc1F)C(=O)c1cnn(-c2ccc(C(F)(F)F)cn2)c1C. The first kappa shape index (κ1) is 21.9. The van der Waals surface area contributed by atoms with E-state index in [4.69, 9.17) is 0 Å². The van der Waals surface area contributed by atoms with Crippen molar-refractivity contribution in [3.63, 3.8) is 0 Å². The van der Waals surface area contributed by atoms with E-state index in [9.17, 15) is 22.4 Å². The fourth-order valence-electron chi connectivity index (χ4n) is 2.90. The molecule has 0 unspecified atom stereocenters. The predicted octanol–water partition coefficient (Wildman–Crippen LogP) is 5.16. The van der Waals surface area contributed by atoms with E-state index in [1.807, 2.05) is 0 Å². The Morgan fingerprint density at radius 1 is 1.20 bits per heavy atom. The topological polar surface area (TPSA) is 51.0 Å². The second-order valence-corrected chi connectivity index (χ2v) is 7.43. The van der Waals surface area contributed by atoms with Crippen LogP contribution >= 0.6 is 15.9 Å². The first-order valence-corrected chi connectivity index (χ1v) is 9.72. The molecule has 10 heteroatoms. The average Bonchev–Trinajstić information content (AvgIpc) is 3.09. The molecule has 0 aliphatic rings. The number of hydrogen-bond acceptors (Lipinski definition) is 3. The summed E-state index contributed by atoms with van der Waals surface area (Å²) in [7, 11) is 0. The van der Waals surface area contributed by atoms with Crippen LogP contribution in [0.4, 0.5) is 17.6 Å². The molecule has 0 radical (unpaired) electrons. The van der Waals surface area contributed by atoms with Crippen LogP contribution in [0.25, 0.3) is 5.82 Å². The molecule has 0 saturated carbocycles. The number of benzene rings is 1. The third-order valence-corrected chi connectivity index (χ3v) is 5.06. The van der Waals surface area contributed by atoms with Crippen LogP contribution < -0.4 is 0 Å². The minimum Gasteiger partial charge on any atom is -0.334 e. The van der Waals surface area contributed by atoms with Gasteiger partial charge in [0, 0.05) is 29.3 Å². The number of nitrogens with zero attached hydrogens (tertiary/aromatic N) is 4. The zero-order chi connectivity index (χ0) is 22.1. The van der Waals surface area contributed by atoms with Gasteiger partial charge in [-0.2, -0.15) is 18.3 Å². The number of carbonyl (C=O) groups is 1. The molecule has 3 rings (SSSR count). The van der Waals surface area contributed by atoms with E-state index in [2.05, 4.69) is 26.0 Å². The zero-order valence-corrected chi connectivity index (χ0v) is 17.6. The van der Waals surface area contributed by atoms with Crippen molar-refractivity contribution in [3.05, 3.63) is 75.4 Å². The lowest BCUT2D eigenvalue weighted by Gasteiger charge is -2.21. The standard InChI is InChI=1S/C20H17BrF4N4O/c1-3-28(11-13-8-15(21)5-6-17(13)22)19(30)16-10-27-29(12(16)2)18-7-4-14(9-26-18)20(23,24)25/h4-10H,3,11H2,1-2H3. The highest BCUT2D eigenvalue weighted by Crippen LogP contribution is 2.29. The maximum absolute atomic E-state index is 14.1. The van der Waals surface area contributed by atoms with Crippen molar-refractivity contribution in [1.82, 2.24) is 19.7 Å². The number of amides is 1. The lowest BCUT2D eigenvalue weighted by Crippen LogP contribution is -2.31. The molecule has 0 aliphatic heterocycles. The van der Waals surface area contributed by atoms with E-state index < -0.39 is 17.6 Å². The van der Waals surface area contributed by atoms with E-state index in [1.165, 1.54) is 27.9 Å². The summed E-state index contributed by atoms with van der Waals surface area (Å²) < 4.78 is 54.3. The van der Waals surface area contributed by atoms with Gasteiger partial charge in [-0.05, 0) is 44.2 Å². The minimum absolute atomic E-state index is 0.0593. The van der Waals surface area contributed by atoms with Crippen molar-refractivity contribution >= 4 is 21.8 Å². The summed E-state index contributed by atoms with van der Waals surface area (Å²) in [5.41, 5.74) is 0.156. The molecule has 5 nitrogen and oxygen atoms in total. The van der Waals surface area contributed by atoms with Crippen molar-refractivity contribution in [1.29, 1.82) is 0 Å². The van der Waals surface area contributed by atoms with E-state index in [1.54, 1.807) is 26.0 Å². The highest BCUT2D eigenvalue weighted by atomic mass is 79.9. The number of alkyl halides is 3.